The lowest BCUT2D eigenvalue weighted by Gasteiger charge is -2.23. The summed E-state index contributed by atoms with van der Waals surface area (Å²) in [6.45, 7) is 3.37. The average Bonchev–Trinajstić information content (AvgIpc) is 3.04. The van der Waals surface area contributed by atoms with Gasteiger partial charge in [-0.25, -0.2) is 4.79 Å². The van der Waals surface area contributed by atoms with Crippen LogP contribution in [0.15, 0.2) is 46.1 Å². The predicted octanol–water partition coefficient (Wildman–Crippen LogP) is 2.48. The molecule has 8 heteroatoms. The Bertz CT molecular complexity index is 940. The van der Waals surface area contributed by atoms with Gasteiger partial charge in [0.15, 0.2) is 0 Å². The number of nitrogens with zero attached hydrogens (tertiary/aromatic N) is 1. The van der Waals surface area contributed by atoms with E-state index < -0.39 is 41.5 Å². The molecule has 1 saturated heterocycles. The minimum absolute atomic E-state index is 0.173. The molecular formula is C20H23FN2O5. The van der Waals surface area contributed by atoms with Crippen LogP contribution < -0.4 is 11.2 Å². The molecule has 1 aromatic carbocycles. The predicted molar refractivity (Wildman–Crippen MR) is 99.5 cm³/mol. The fourth-order valence-corrected chi connectivity index (χ4v) is 3.64. The van der Waals surface area contributed by atoms with E-state index >= 15 is 0 Å². The maximum atomic E-state index is 13.7. The van der Waals surface area contributed by atoms with Gasteiger partial charge in [0.2, 0.25) is 5.82 Å². The highest BCUT2D eigenvalue weighted by molar-refractivity contribution is 5.66. The summed E-state index contributed by atoms with van der Waals surface area (Å²) >= 11 is 0. The molecule has 2 unspecified atom stereocenters. The monoisotopic (exact) mass is 390 g/mol. The third-order valence-electron chi connectivity index (χ3n) is 5.01. The Morgan fingerprint density at radius 3 is 2.71 bits per heavy atom. The molecule has 2 aromatic rings. The highest BCUT2D eigenvalue weighted by atomic mass is 19.1. The second kappa shape index (κ2) is 8.52. The van der Waals surface area contributed by atoms with Crippen LogP contribution in [0.5, 0.6) is 0 Å². The number of nitrogens with one attached hydrogen (secondary N) is 1. The smallest absolute Gasteiger partial charge is 0.330 e. The zero-order valence-corrected chi connectivity index (χ0v) is 15.8. The summed E-state index contributed by atoms with van der Waals surface area (Å²) in [5.41, 5.74) is -0.706. The van der Waals surface area contributed by atoms with Crippen LogP contribution in [0, 0.1) is 5.82 Å². The van der Waals surface area contributed by atoms with Crippen LogP contribution in [0.3, 0.4) is 0 Å². The lowest BCUT2D eigenvalue weighted by Crippen LogP contribution is -2.33. The van der Waals surface area contributed by atoms with Crippen LogP contribution in [0.2, 0.25) is 0 Å². The molecule has 0 radical (unpaired) electrons. The molecule has 2 heterocycles. The Kier molecular flexibility index (Phi) is 6.08. The number of aromatic nitrogens is 2. The molecule has 1 aromatic heterocycles. The van der Waals surface area contributed by atoms with Gasteiger partial charge in [-0.2, -0.15) is 4.39 Å². The first-order valence-electron chi connectivity index (χ1n) is 9.27. The first kappa shape index (κ1) is 20.0. The minimum atomic E-state index is -1.08. The molecule has 28 heavy (non-hydrogen) atoms. The van der Waals surface area contributed by atoms with Gasteiger partial charge < -0.3 is 9.47 Å². The Hall–Kier alpha value is -2.74. The number of rotatable bonds is 6. The molecule has 1 fully saturated rings. The number of benzene rings is 1. The zero-order valence-electron chi connectivity index (χ0n) is 15.8. The van der Waals surface area contributed by atoms with Gasteiger partial charge in [0, 0.05) is 13.3 Å². The van der Waals surface area contributed by atoms with E-state index in [2.05, 4.69) is 6.92 Å². The SMILES string of the molecule is CCC(C[C@@H]1O[C@H](n2cc(F)c(=O)[nH]c2=O)CC1OC(C)=O)c1ccccc1. The van der Waals surface area contributed by atoms with Crippen molar-refractivity contribution in [3.8, 4) is 0 Å². The Labute approximate surface area is 161 Å². The van der Waals surface area contributed by atoms with Gasteiger partial charge in [-0.15, -0.1) is 0 Å². The van der Waals surface area contributed by atoms with Crippen molar-refractivity contribution < 1.29 is 18.7 Å². The molecule has 1 aliphatic rings. The maximum Gasteiger partial charge on any atom is 0.330 e. The summed E-state index contributed by atoms with van der Waals surface area (Å²) in [4.78, 5) is 36.8. The van der Waals surface area contributed by atoms with Crippen LogP contribution in [0.25, 0.3) is 0 Å². The maximum absolute atomic E-state index is 13.7. The number of hydrogen-bond acceptors (Lipinski definition) is 5. The van der Waals surface area contributed by atoms with Crippen molar-refractivity contribution in [2.45, 2.75) is 57.5 Å². The number of ether oxygens (including phenoxy) is 2. The number of hydrogen-bond donors (Lipinski definition) is 1. The zero-order chi connectivity index (χ0) is 20.3. The lowest BCUT2D eigenvalue weighted by molar-refractivity contribution is -0.149. The third-order valence-corrected chi connectivity index (χ3v) is 5.01. The summed E-state index contributed by atoms with van der Waals surface area (Å²) in [5.74, 6) is -1.36. The summed E-state index contributed by atoms with van der Waals surface area (Å²) in [7, 11) is 0. The van der Waals surface area contributed by atoms with Crippen LogP contribution >= 0.6 is 0 Å². The highest BCUT2D eigenvalue weighted by Gasteiger charge is 2.40. The Morgan fingerprint density at radius 1 is 1.36 bits per heavy atom. The summed E-state index contributed by atoms with van der Waals surface area (Å²) in [6, 6.07) is 9.93. The number of halogens is 1. The molecule has 0 amide bonds. The van der Waals surface area contributed by atoms with Gasteiger partial charge >= 0.3 is 11.7 Å². The normalized spacial score (nSPS) is 22.8. The molecule has 0 aliphatic carbocycles. The van der Waals surface area contributed by atoms with Crippen LogP contribution in [0.1, 0.15) is 50.8 Å². The number of aromatic amines is 1. The van der Waals surface area contributed by atoms with E-state index in [1.807, 2.05) is 35.3 Å². The van der Waals surface area contributed by atoms with E-state index in [1.165, 1.54) is 6.92 Å². The average molecular weight is 390 g/mol. The fraction of sp³-hybridized carbons (Fsp3) is 0.450. The molecule has 4 atom stereocenters. The van der Waals surface area contributed by atoms with Gasteiger partial charge in [-0.05, 0) is 24.3 Å². The fourth-order valence-electron chi connectivity index (χ4n) is 3.64. The molecule has 0 saturated carbocycles. The minimum Gasteiger partial charge on any atom is -0.460 e. The van der Waals surface area contributed by atoms with E-state index in [9.17, 15) is 18.8 Å². The first-order chi connectivity index (χ1) is 13.4. The molecule has 1 aliphatic heterocycles. The Balaban J connectivity index is 1.85. The second-order valence-corrected chi connectivity index (χ2v) is 6.91. The molecule has 0 spiro atoms. The van der Waals surface area contributed by atoms with E-state index in [1.54, 1.807) is 0 Å². The molecule has 150 valence electrons. The molecule has 7 nitrogen and oxygen atoms in total. The quantitative estimate of drug-likeness (QED) is 0.766. The summed E-state index contributed by atoms with van der Waals surface area (Å²) in [5, 5.41) is 0. The van der Waals surface area contributed by atoms with Crippen molar-refractivity contribution in [1.29, 1.82) is 0 Å². The van der Waals surface area contributed by atoms with Crippen LogP contribution in [0.4, 0.5) is 4.39 Å². The first-order valence-corrected chi connectivity index (χ1v) is 9.27. The summed E-state index contributed by atoms with van der Waals surface area (Å²) in [6.07, 6.45) is 0.600. The van der Waals surface area contributed by atoms with Gasteiger partial charge in [0.05, 0.1) is 12.3 Å². The van der Waals surface area contributed by atoms with E-state index in [0.717, 1.165) is 22.7 Å². The van der Waals surface area contributed by atoms with Crippen molar-refractivity contribution in [3.63, 3.8) is 0 Å². The number of carbonyl (C=O) groups excluding carboxylic acids is 1. The van der Waals surface area contributed by atoms with Crippen LogP contribution in [-0.2, 0) is 14.3 Å². The van der Waals surface area contributed by atoms with E-state index in [4.69, 9.17) is 9.47 Å². The molecule has 1 N–H and O–H groups in total. The van der Waals surface area contributed by atoms with Gasteiger partial charge in [0.25, 0.3) is 5.56 Å². The van der Waals surface area contributed by atoms with E-state index in [0.29, 0.717) is 6.42 Å². The van der Waals surface area contributed by atoms with Crippen molar-refractivity contribution in [1.82, 2.24) is 9.55 Å². The van der Waals surface area contributed by atoms with Gasteiger partial charge in [0.1, 0.15) is 12.3 Å². The lowest BCUT2D eigenvalue weighted by atomic mass is 9.89. The van der Waals surface area contributed by atoms with Crippen LogP contribution in [-0.4, -0.2) is 27.7 Å². The van der Waals surface area contributed by atoms with Crippen molar-refractivity contribution in [2.75, 3.05) is 0 Å². The number of carbonyl (C=O) groups is 1. The van der Waals surface area contributed by atoms with Gasteiger partial charge in [-0.1, -0.05) is 37.3 Å². The Morgan fingerprint density at radius 2 is 2.07 bits per heavy atom. The number of esters is 1. The van der Waals surface area contributed by atoms with Gasteiger partial charge in [-0.3, -0.25) is 19.1 Å². The standard InChI is InChI=1S/C20H23FN2O5/c1-3-13(14-7-5-4-6-8-14)9-16-17(27-12(2)24)10-18(28-16)23-11-15(21)19(25)22-20(23)26/h4-8,11,13,16-18H,3,9-10H2,1-2H3,(H,22,25,26)/t13?,16-,17?,18-/m0/s1. The van der Waals surface area contributed by atoms with Crippen molar-refractivity contribution in [3.05, 3.63) is 68.7 Å². The number of H-pyrrole nitrogens is 1. The molecule has 0 bridgehead atoms. The summed E-state index contributed by atoms with van der Waals surface area (Å²) < 4.78 is 26.0. The second-order valence-electron chi connectivity index (χ2n) is 6.91. The van der Waals surface area contributed by atoms with E-state index in [-0.39, 0.29) is 12.3 Å². The highest BCUT2D eigenvalue weighted by Crippen LogP contribution is 2.36. The van der Waals surface area contributed by atoms with Crippen molar-refractivity contribution >= 4 is 5.97 Å². The molecule has 3 rings (SSSR count). The van der Waals surface area contributed by atoms with Crippen molar-refractivity contribution in [2.24, 2.45) is 0 Å². The molecular weight excluding hydrogens is 367 g/mol. The topological polar surface area (TPSA) is 90.4 Å². The largest absolute Gasteiger partial charge is 0.460 e. The third kappa shape index (κ3) is 4.39.